The number of phenols is 1. The number of nitrogens with one attached hydrogen (secondary N) is 1. The first-order chi connectivity index (χ1) is 18.1. The summed E-state index contributed by atoms with van der Waals surface area (Å²) in [6, 6.07) is 1.94. The number of carbonyl (C=O) groups excluding carboxylic acids is 3. The van der Waals surface area contributed by atoms with Crippen molar-refractivity contribution in [1.29, 1.82) is 0 Å². The van der Waals surface area contributed by atoms with Gasteiger partial charge in [-0.2, -0.15) is 0 Å². The average Bonchev–Trinajstić information content (AvgIpc) is 3.43. The molecular weight excluding hydrogens is 506 g/mol. The molecular formula is C28H35N3O8. The number of carbonyl (C=O) groups is 3. The van der Waals surface area contributed by atoms with Crippen LogP contribution in [0.4, 0.5) is 0 Å². The fraction of sp³-hybridized carbons (Fsp3) is 0.536. The second-order valence-corrected chi connectivity index (χ2v) is 12.4. The lowest BCUT2D eigenvalue weighted by Gasteiger charge is -2.46. The van der Waals surface area contributed by atoms with Gasteiger partial charge in [0.25, 0.3) is 5.91 Å². The summed E-state index contributed by atoms with van der Waals surface area (Å²) >= 11 is 0. The maximum atomic E-state index is 14.1. The molecule has 1 amide bonds. The normalized spacial score (nSPS) is 31.5. The summed E-state index contributed by atoms with van der Waals surface area (Å²) in [6.07, 6.45) is 0.338. The Morgan fingerprint density at radius 3 is 2.46 bits per heavy atom. The first kappa shape index (κ1) is 27.3. The summed E-state index contributed by atoms with van der Waals surface area (Å²) < 4.78 is 5.63. The predicted molar refractivity (Wildman–Crippen MR) is 140 cm³/mol. The quantitative estimate of drug-likeness (QED) is 0.224. The molecule has 5 rings (SSSR count). The molecule has 1 heterocycles. The van der Waals surface area contributed by atoms with Crippen molar-refractivity contribution in [2.45, 2.75) is 51.0 Å². The van der Waals surface area contributed by atoms with Gasteiger partial charge in [-0.25, -0.2) is 0 Å². The number of Topliss-reactive ketones (excluding diaryl/α,β-unsaturated/α-hetero) is 2. The van der Waals surface area contributed by atoms with Gasteiger partial charge in [0.2, 0.25) is 11.6 Å². The molecule has 210 valence electrons. The van der Waals surface area contributed by atoms with E-state index >= 15 is 0 Å². The van der Waals surface area contributed by atoms with Gasteiger partial charge in [-0.15, -0.1) is 0 Å². The molecule has 11 nitrogen and oxygen atoms in total. The van der Waals surface area contributed by atoms with Crippen LogP contribution in [0, 0.1) is 17.3 Å². The van der Waals surface area contributed by atoms with Crippen LogP contribution in [0.15, 0.2) is 29.0 Å². The fourth-order valence-electron chi connectivity index (χ4n) is 6.76. The molecule has 1 saturated carbocycles. The van der Waals surface area contributed by atoms with Crippen molar-refractivity contribution in [3.05, 3.63) is 45.7 Å². The molecule has 11 heteroatoms. The van der Waals surface area contributed by atoms with Gasteiger partial charge >= 0.3 is 0 Å². The third kappa shape index (κ3) is 3.75. The van der Waals surface area contributed by atoms with Gasteiger partial charge in [0.15, 0.2) is 11.4 Å². The van der Waals surface area contributed by atoms with Crippen LogP contribution >= 0.6 is 0 Å². The number of aromatic hydroxyl groups is 1. The lowest BCUT2D eigenvalue weighted by molar-refractivity contribution is -0.127. The monoisotopic (exact) mass is 541 g/mol. The number of primary amides is 1. The van der Waals surface area contributed by atoms with Crippen molar-refractivity contribution in [2.24, 2.45) is 23.0 Å². The van der Waals surface area contributed by atoms with Crippen molar-refractivity contribution in [3.63, 3.8) is 0 Å². The van der Waals surface area contributed by atoms with Gasteiger partial charge in [-0.3, -0.25) is 19.3 Å². The summed E-state index contributed by atoms with van der Waals surface area (Å²) in [4.78, 5) is 41.1. The highest BCUT2D eigenvalue weighted by Crippen LogP contribution is 2.67. The maximum Gasteiger partial charge on any atom is 0.253 e. The van der Waals surface area contributed by atoms with Gasteiger partial charge < -0.3 is 36.2 Å². The molecule has 0 aromatic heterocycles. The molecule has 0 radical (unpaired) electrons. The zero-order chi connectivity index (χ0) is 28.8. The number of epoxide rings is 1. The largest absolute Gasteiger partial charge is 0.510 e. The summed E-state index contributed by atoms with van der Waals surface area (Å²) in [5.74, 6) is -7.17. The van der Waals surface area contributed by atoms with Crippen LogP contribution < -0.4 is 11.1 Å². The number of ketones is 2. The van der Waals surface area contributed by atoms with E-state index in [9.17, 15) is 34.8 Å². The molecule has 1 spiro atoms. The van der Waals surface area contributed by atoms with Crippen LogP contribution in [0.3, 0.4) is 0 Å². The predicted octanol–water partition coefficient (Wildman–Crippen LogP) is 0.940. The van der Waals surface area contributed by atoms with E-state index in [1.165, 1.54) is 12.1 Å². The van der Waals surface area contributed by atoms with E-state index < -0.39 is 58.0 Å². The molecule has 1 aromatic rings. The maximum absolute atomic E-state index is 14.1. The van der Waals surface area contributed by atoms with Gasteiger partial charge in [0, 0.05) is 23.6 Å². The van der Waals surface area contributed by atoms with Crippen molar-refractivity contribution in [2.75, 3.05) is 27.2 Å². The Kier molecular flexibility index (Phi) is 6.04. The number of rotatable bonds is 6. The van der Waals surface area contributed by atoms with Crippen molar-refractivity contribution in [1.82, 2.24) is 10.2 Å². The molecule has 39 heavy (non-hydrogen) atoms. The van der Waals surface area contributed by atoms with E-state index in [0.717, 1.165) is 0 Å². The molecule has 0 bridgehead atoms. The van der Waals surface area contributed by atoms with Gasteiger partial charge in [-0.05, 0) is 56.0 Å². The van der Waals surface area contributed by atoms with Gasteiger partial charge in [-0.1, -0.05) is 20.8 Å². The highest BCUT2D eigenvalue weighted by molar-refractivity contribution is 6.14. The van der Waals surface area contributed by atoms with E-state index in [-0.39, 0.29) is 47.5 Å². The smallest absolute Gasteiger partial charge is 0.253 e. The lowest BCUT2D eigenvalue weighted by Crippen LogP contribution is -2.60. The number of likely N-dealkylation sites (N-methyl/N-ethyl adjacent to an activating group) is 1. The molecule has 3 aliphatic carbocycles. The first-order valence-corrected chi connectivity index (χ1v) is 13.0. The number of nitrogens with two attached hydrogens (primary N) is 1. The summed E-state index contributed by atoms with van der Waals surface area (Å²) in [7, 11) is 3.31. The third-order valence-electron chi connectivity index (χ3n) is 8.35. The van der Waals surface area contributed by atoms with Gasteiger partial charge in [0.1, 0.15) is 22.8 Å². The molecule has 1 aromatic carbocycles. The Morgan fingerprint density at radius 2 is 1.87 bits per heavy atom. The first-order valence-electron chi connectivity index (χ1n) is 13.0. The molecule has 5 atom stereocenters. The topological polar surface area (TPSA) is 186 Å². The SMILES string of the molecule is CN(C)[C@H]1C(O)=C(C(N)=O)C2(O)O[C@@]23C(=O)C2=C(O)c4c(O)ccc(C(=O)CNCC(C)(C)C)c4C[C@H]2C[C@@H]13. The molecule has 1 aliphatic heterocycles. The van der Waals surface area contributed by atoms with Crippen LogP contribution in [-0.4, -0.2) is 87.4 Å². The molecule has 1 unspecified atom stereocenters. The van der Waals surface area contributed by atoms with Crippen LogP contribution in [0.2, 0.25) is 0 Å². The lowest BCUT2D eigenvalue weighted by atomic mass is 9.58. The minimum Gasteiger partial charge on any atom is -0.510 e. The molecule has 7 N–H and O–H groups in total. The summed E-state index contributed by atoms with van der Waals surface area (Å²) in [6.45, 7) is 6.79. The average molecular weight is 542 g/mol. The number of fused-ring (bicyclic) bond motifs is 2. The summed E-state index contributed by atoms with van der Waals surface area (Å²) in [5, 5.41) is 47.5. The highest BCUT2D eigenvalue weighted by atomic mass is 16.8. The number of ether oxygens (including phenoxy) is 1. The standard InChI is InChI=1S/C28H35N3O8/c1-26(2,3)11-30-10-17(33)13-6-7-16(32)19-14(13)8-12-9-15-21(31(4)5)23(35)20(25(29)37)28(38)27(15,39-28)24(36)18(12)22(19)34/h6-7,12,15,21,30,32,34-35,38H,8-11H2,1-5H3,(H2,29,37)/t12-,15-,21+,27-,28?/m0/s1. The molecule has 4 aliphatic rings. The minimum absolute atomic E-state index is 0.0104. The Labute approximate surface area is 225 Å². The molecule has 1 saturated heterocycles. The Bertz CT molecular complexity index is 1370. The number of hydrogen-bond acceptors (Lipinski definition) is 10. The number of hydrogen-bond donors (Lipinski definition) is 6. The Balaban J connectivity index is 1.59. The Morgan fingerprint density at radius 1 is 1.21 bits per heavy atom. The number of aliphatic hydroxyl groups is 3. The van der Waals surface area contributed by atoms with E-state index in [0.29, 0.717) is 17.7 Å². The summed E-state index contributed by atoms with van der Waals surface area (Å²) in [5.41, 5.74) is 3.61. The van der Waals surface area contributed by atoms with E-state index in [2.05, 4.69) is 5.32 Å². The number of nitrogens with zero attached hydrogens (tertiary/aromatic N) is 1. The van der Waals surface area contributed by atoms with Crippen molar-refractivity contribution >= 4 is 23.2 Å². The van der Waals surface area contributed by atoms with Crippen LogP contribution in [0.5, 0.6) is 5.75 Å². The number of benzene rings is 1. The number of amides is 1. The second-order valence-electron chi connectivity index (χ2n) is 12.4. The van der Waals surface area contributed by atoms with Crippen molar-refractivity contribution < 1.29 is 39.5 Å². The fourth-order valence-corrected chi connectivity index (χ4v) is 6.76. The van der Waals surface area contributed by atoms with Crippen LogP contribution in [-0.2, 0) is 20.7 Å². The van der Waals surface area contributed by atoms with E-state index in [1.807, 2.05) is 20.8 Å². The van der Waals surface area contributed by atoms with E-state index in [4.69, 9.17) is 10.5 Å². The van der Waals surface area contributed by atoms with Gasteiger partial charge in [0.05, 0.1) is 18.2 Å². The van der Waals surface area contributed by atoms with Crippen LogP contribution in [0.25, 0.3) is 5.76 Å². The number of phenolic OH excluding ortho intramolecular Hbond substituents is 1. The molecule has 2 fully saturated rings. The van der Waals surface area contributed by atoms with Crippen LogP contribution in [0.1, 0.15) is 48.7 Å². The van der Waals surface area contributed by atoms with E-state index in [1.54, 1.807) is 19.0 Å². The second kappa shape index (κ2) is 8.62. The third-order valence-corrected chi connectivity index (χ3v) is 8.35. The Hall–Kier alpha value is -3.25. The minimum atomic E-state index is -2.44. The zero-order valence-electron chi connectivity index (χ0n) is 22.7. The highest BCUT2D eigenvalue weighted by Gasteiger charge is 2.85. The van der Waals surface area contributed by atoms with Crippen molar-refractivity contribution in [3.8, 4) is 5.75 Å². The number of aliphatic hydroxyl groups excluding tert-OH is 2. The zero-order valence-corrected chi connectivity index (χ0v) is 22.7.